The zero-order valence-corrected chi connectivity index (χ0v) is 17.4. The number of guanidine groups is 1. The first-order valence-electron chi connectivity index (χ1n) is 9.89. The molecule has 1 aliphatic heterocycles. The minimum Gasteiger partial charge on any atom is -0.497 e. The zero-order chi connectivity index (χ0) is 21.2. The molecule has 0 saturated carbocycles. The second-order valence-electron chi connectivity index (χ2n) is 6.73. The van der Waals surface area contributed by atoms with E-state index < -0.39 is 0 Å². The van der Waals surface area contributed by atoms with Gasteiger partial charge in [0, 0.05) is 49.1 Å². The second kappa shape index (κ2) is 11.2. The molecule has 0 bridgehead atoms. The maximum atomic E-state index is 12.6. The van der Waals surface area contributed by atoms with Gasteiger partial charge in [-0.2, -0.15) is 0 Å². The van der Waals surface area contributed by atoms with Crippen molar-refractivity contribution in [3.05, 3.63) is 54.1 Å². The van der Waals surface area contributed by atoms with Gasteiger partial charge in [-0.25, -0.2) is 0 Å². The van der Waals surface area contributed by atoms with Gasteiger partial charge >= 0.3 is 0 Å². The zero-order valence-electron chi connectivity index (χ0n) is 17.4. The summed E-state index contributed by atoms with van der Waals surface area (Å²) < 4.78 is 16.0. The molecule has 1 aliphatic rings. The SMILES string of the molecule is COc1cc(NC(=NCCN2CCOCC2)NC(=O)c2ccccc2)cc(OC)c1. The van der Waals surface area contributed by atoms with Gasteiger partial charge in [0.25, 0.3) is 5.91 Å². The number of carbonyl (C=O) groups is 1. The summed E-state index contributed by atoms with van der Waals surface area (Å²) in [7, 11) is 3.18. The Hall–Kier alpha value is -3.10. The second-order valence-corrected chi connectivity index (χ2v) is 6.73. The van der Waals surface area contributed by atoms with Gasteiger partial charge < -0.3 is 19.5 Å². The Labute approximate surface area is 176 Å². The number of hydrogen-bond donors (Lipinski definition) is 2. The van der Waals surface area contributed by atoms with Crippen molar-refractivity contribution in [3.8, 4) is 11.5 Å². The molecule has 0 atom stereocenters. The van der Waals surface area contributed by atoms with Crippen molar-refractivity contribution in [1.82, 2.24) is 10.2 Å². The van der Waals surface area contributed by atoms with E-state index in [1.807, 2.05) is 30.3 Å². The number of anilines is 1. The van der Waals surface area contributed by atoms with Gasteiger partial charge in [-0.15, -0.1) is 0 Å². The highest BCUT2D eigenvalue weighted by Crippen LogP contribution is 2.25. The third-order valence-corrected chi connectivity index (χ3v) is 4.67. The van der Waals surface area contributed by atoms with E-state index >= 15 is 0 Å². The van der Waals surface area contributed by atoms with Gasteiger partial charge in [0.05, 0.1) is 34.0 Å². The van der Waals surface area contributed by atoms with Gasteiger partial charge in [-0.05, 0) is 12.1 Å². The molecule has 8 nitrogen and oxygen atoms in total. The molecule has 2 aromatic rings. The molecule has 0 unspecified atom stereocenters. The van der Waals surface area contributed by atoms with Crippen LogP contribution in [0, 0.1) is 0 Å². The molecular formula is C22H28N4O4. The van der Waals surface area contributed by atoms with Crippen LogP contribution in [0.5, 0.6) is 11.5 Å². The van der Waals surface area contributed by atoms with Crippen molar-refractivity contribution in [3.63, 3.8) is 0 Å². The summed E-state index contributed by atoms with van der Waals surface area (Å²) >= 11 is 0. The molecule has 3 rings (SSSR count). The first kappa shape index (κ1) is 21.6. The summed E-state index contributed by atoms with van der Waals surface area (Å²) in [6.45, 7) is 4.59. The van der Waals surface area contributed by atoms with Crippen LogP contribution in [0.25, 0.3) is 0 Å². The Morgan fingerprint density at radius 1 is 1.07 bits per heavy atom. The number of methoxy groups -OCH3 is 2. The molecule has 0 aromatic heterocycles. The van der Waals surface area contributed by atoms with Crippen molar-refractivity contribution < 1.29 is 19.0 Å². The van der Waals surface area contributed by atoms with Crippen LogP contribution in [0.1, 0.15) is 10.4 Å². The number of rotatable bonds is 7. The van der Waals surface area contributed by atoms with Gasteiger partial charge in [0.2, 0.25) is 5.96 Å². The van der Waals surface area contributed by atoms with Crippen LogP contribution in [0.2, 0.25) is 0 Å². The summed E-state index contributed by atoms with van der Waals surface area (Å²) in [6, 6.07) is 14.4. The third kappa shape index (κ3) is 6.47. The summed E-state index contributed by atoms with van der Waals surface area (Å²) in [5, 5.41) is 6.05. The van der Waals surface area contributed by atoms with Gasteiger partial charge in [-0.3, -0.25) is 20.0 Å². The Morgan fingerprint density at radius 3 is 2.37 bits per heavy atom. The van der Waals surface area contributed by atoms with Gasteiger partial charge in [0.15, 0.2) is 0 Å². The molecular weight excluding hydrogens is 384 g/mol. The van der Waals surface area contributed by atoms with E-state index in [2.05, 4.69) is 20.5 Å². The summed E-state index contributed by atoms with van der Waals surface area (Å²) in [5.41, 5.74) is 1.26. The highest BCUT2D eigenvalue weighted by Gasteiger charge is 2.12. The van der Waals surface area contributed by atoms with Crippen LogP contribution in [-0.2, 0) is 4.74 Å². The summed E-state index contributed by atoms with van der Waals surface area (Å²) in [5.74, 6) is 1.41. The molecule has 1 heterocycles. The maximum Gasteiger partial charge on any atom is 0.257 e. The normalized spacial score (nSPS) is 14.8. The van der Waals surface area contributed by atoms with Crippen molar-refractivity contribution in [2.75, 3.05) is 58.9 Å². The van der Waals surface area contributed by atoms with Crippen molar-refractivity contribution in [2.24, 2.45) is 4.99 Å². The fourth-order valence-corrected chi connectivity index (χ4v) is 3.02. The first-order valence-corrected chi connectivity index (χ1v) is 9.89. The molecule has 1 saturated heterocycles. The molecule has 8 heteroatoms. The fraction of sp³-hybridized carbons (Fsp3) is 0.364. The molecule has 160 valence electrons. The minimum absolute atomic E-state index is 0.233. The van der Waals surface area contributed by atoms with E-state index in [1.165, 1.54) is 0 Å². The van der Waals surface area contributed by atoms with E-state index in [1.54, 1.807) is 32.4 Å². The van der Waals surface area contributed by atoms with Crippen LogP contribution in [0.15, 0.2) is 53.5 Å². The van der Waals surface area contributed by atoms with E-state index in [9.17, 15) is 4.79 Å². The van der Waals surface area contributed by atoms with Crippen molar-refractivity contribution in [2.45, 2.75) is 0 Å². The lowest BCUT2D eigenvalue weighted by atomic mass is 10.2. The van der Waals surface area contributed by atoms with E-state index in [4.69, 9.17) is 14.2 Å². The minimum atomic E-state index is -0.233. The summed E-state index contributed by atoms with van der Waals surface area (Å²) in [6.07, 6.45) is 0. The van der Waals surface area contributed by atoms with Crippen molar-refractivity contribution >= 4 is 17.6 Å². The quantitative estimate of drug-likeness (QED) is 0.536. The lowest BCUT2D eigenvalue weighted by Crippen LogP contribution is -2.39. The number of nitrogens with one attached hydrogen (secondary N) is 2. The van der Waals surface area contributed by atoms with Crippen molar-refractivity contribution in [1.29, 1.82) is 0 Å². The topological polar surface area (TPSA) is 84.4 Å². The monoisotopic (exact) mass is 412 g/mol. The van der Waals surface area contributed by atoms with Gasteiger partial charge in [0.1, 0.15) is 11.5 Å². The highest BCUT2D eigenvalue weighted by atomic mass is 16.5. The Kier molecular flexibility index (Phi) is 8.05. The largest absolute Gasteiger partial charge is 0.497 e. The molecule has 1 amide bonds. The number of morpholine rings is 1. The van der Waals surface area contributed by atoms with Crippen LogP contribution < -0.4 is 20.1 Å². The number of hydrogen-bond acceptors (Lipinski definition) is 6. The average Bonchev–Trinajstić information content (AvgIpc) is 2.80. The number of benzene rings is 2. The van der Waals surface area contributed by atoms with Gasteiger partial charge in [-0.1, -0.05) is 18.2 Å². The van der Waals surface area contributed by atoms with Crippen LogP contribution in [0.3, 0.4) is 0 Å². The molecule has 1 fully saturated rings. The Morgan fingerprint density at radius 2 is 1.73 bits per heavy atom. The number of amides is 1. The van der Waals surface area contributed by atoms with E-state index in [0.29, 0.717) is 35.3 Å². The molecule has 2 N–H and O–H groups in total. The van der Waals surface area contributed by atoms with Crippen LogP contribution in [-0.4, -0.2) is 70.4 Å². The lowest BCUT2D eigenvalue weighted by Gasteiger charge is -2.25. The first-order chi connectivity index (χ1) is 14.7. The smallest absolute Gasteiger partial charge is 0.257 e. The maximum absolute atomic E-state index is 12.6. The molecule has 0 aliphatic carbocycles. The number of nitrogens with zero attached hydrogens (tertiary/aromatic N) is 2. The predicted molar refractivity (Wildman–Crippen MR) is 117 cm³/mol. The van der Waals surface area contributed by atoms with E-state index in [-0.39, 0.29) is 5.91 Å². The standard InChI is InChI=1S/C22H28N4O4/c1-28-19-14-18(15-20(16-19)29-2)24-22(23-8-9-26-10-12-30-13-11-26)25-21(27)17-6-4-3-5-7-17/h3-7,14-16H,8-13H2,1-2H3,(H2,23,24,25,27). The highest BCUT2D eigenvalue weighted by molar-refractivity contribution is 6.10. The van der Waals surface area contributed by atoms with Crippen LogP contribution >= 0.6 is 0 Å². The van der Waals surface area contributed by atoms with Crippen LogP contribution in [0.4, 0.5) is 5.69 Å². The fourth-order valence-electron chi connectivity index (χ4n) is 3.02. The molecule has 30 heavy (non-hydrogen) atoms. The molecule has 2 aromatic carbocycles. The Balaban J connectivity index is 1.74. The summed E-state index contributed by atoms with van der Waals surface area (Å²) in [4.78, 5) is 19.5. The van der Waals surface area contributed by atoms with E-state index in [0.717, 1.165) is 32.8 Å². The number of ether oxygens (including phenoxy) is 3. The average molecular weight is 412 g/mol. The predicted octanol–water partition coefficient (Wildman–Crippen LogP) is 2.23. The third-order valence-electron chi connectivity index (χ3n) is 4.67. The number of aliphatic imine (C=N–C) groups is 1. The Bertz CT molecular complexity index is 829. The lowest BCUT2D eigenvalue weighted by molar-refractivity contribution is 0.0394. The molecule has 0 spiro atoms. The molecule has 0 radical (unpaired) electrons. The number of carbonyl (C=O) groups excluding carboxylic acids is 1.